The van der Waals surface area contributed by atoms with Crippen LogP contribution in [-0.4, -0.2) is 23.8 Å². The summed E-state index contributed by atoms with van der Waals surface area (Å²) in [4.78, 5) is 0. The Morgan fingerprint density at radius 2 is 2.08 bits per heavy atom. The highest BCUT2D eigenvalue weighted by Gasteiger charge is 2.34. The van der Waals surface area contributed by atoms with Crippen molar-refractivity contribution in [1.82, 2.24) is 5.32 Å². The van der Waals surface area contributed by atoms with Crippen LogP contribution in [0.4, 0.5) is 0 Å². The summed E-state index contributed by atoms with van der Waals surface area (Å²) in [5.41, 5.74) is 0. The Morgan fingerprint density at radius 3 is 2.77 bits per heavy atom. The molecule has 2 rings (SSSR count). The van der Waals surface area contributed by atoms with Crippen molar-refractivity contribution in [1.29, 1.82) is 0 Å². The Bertz CT molecular complexity index is 165. The smallest absolute Gasteiger partial charge is 0.0583 e. The fourth-order valence-corrected chi connectivity index (χ4v) is 2.92. The number of aliphatic hydroxyl groups excluding tert-OH is 1. The van der Waals surface area contributed by atoms with Crippen molar-refractivity contribution in [2.24, 2.45) is 11.8 Å². The average Bonchev–Trinajstić information content (AvgIpc) is 2.61. The molecule has 13 heavy (non-hydrogen) atoms. The average molecular weight is 183 g/mol. The first-order valence-electron chi connectivity index (χ1n) is 5.69. The van der Waals surface area contributed by atoms with Gasteiger partial charge in [-0.1, -0.05) is 6.92 Å². The Balaban J connectivity index is 1.94. The fraction of sp³-hybridized carbons (Fsp3) is 1.00. The van der Waals surface area contributed by atoms with Gasteiger partial charge in [0.15, 0.2) is 0 Å². The Morgan fingerprint density at radius 1 is 1.23 bits per heavy atom. The van der Waals surface area contributed by atoms with Gasteiger partial charge in [0.1, 0.15) is 0 Å². The van der Waals surface area contributed by atoms with Crippen molar-refractivity contribution in [2.75, 3.05) is 6.54 Å². The maximum atomic E-state index is 9.91. The van der Waals surface area contributed by atoms with E-state index in [2.05, 4.69) is 12.2 Å². The van der Waals surface area contributed by atoms with Gasteiger partial charge in [-0.15, -0.1) is 0 Å². The van der Waals surface area contributed by atoms with Gasteiger partial charge < -0.3 is 10.4 Å². The highest BCUT2D eigenvalue weighted by molar-refractivity contribution is 4.89. The SMILES string of the molecule is C[C@@H]1CC[C@H](O)[C@@H]([C@@H]2CCCN2)C1. The lowest BCUT2D eigenvalue weighted by atomic mass is 9.76. The summed E-state index contributed by atoms with van der Waals surface area (Å²) in [5.74, 6) is 1.35. The van der Waals surface area contributed by atoms with Crippen LogP contribution in [0.1, 0.15) is 39.0 Å². The lowest BCUT2D eigenvalue weighted by Gasteiger charge is -2.35. The minimum absolute atomic E-state index is 0.0354. The van der Waals surface area contributed by atoms with E-state index in [0.29, 0.717) is 12.0 Å². The van der Waals surface area contributed by atoms with Crippen LogP contribution < -0.4 is 5.32 Å². The molecule has 2 heteroatoms. The molecule has 0 spiro atoms. The molecule has 76 valence electrons. The summed E-state index contributed by atoms with van der Waals surface area (Å²) in [6.45, 7) is 3.47. The maximum absolute atomic E-state index is 9.91. The van der Waals surface area contributed by atoms with Crippen LogP contribution in [-0.2, 0) is 0 Å². The molecule has 0 amide bonds. The molecule has 1 aliphatic carbocycles. The normalized spacial score (nSPS) is 46.6. The number of rotatable bonds is 1. The third kappa shape index (κ3) is 2.05. The number of hydrogen-bond acceptors (Lipinski definition) is 2. The van der Waals surface area contributed by atoms with Gasteiger partial charge in [-0.05, 0) is 44.6 Å². The molecule has 1 saturated carbocycles. The molecular weight excluding hydrogens is 162 g/mol. The molecular formula is C11H21NO. The maximum Gasteiger partial charge on any atom is 0.0583 e. The Kier molecular flexibility index (Phi) is 2.89. The van der Waals surface area contributed by atoms with Gasteiger partial charge in [0.2, 0.25) is 0 Å². The lowest BCUT2D eigenvalue weighted by Crippen LogP contribution is -2.41. The molecule has 0 bridgehead atoms. The second-order valence-electron chi connectivity index (χ2n) is 4.85. The Hall–Kier alpha value is -0.0800. The molecule has 0 radical (unpaired) electrons. The number of aliphatic hydroxyl groups is 1. The van der Waals surface area contributed by atoms with Crippen molar-refractivity contribution < 1.29 is 5.11 Å². The van der Waals surface area contributed by atoms with Crippen molar-refractivity contribution in [3.8, 4) is 0 Å². The van der Waals surface area contributed by atoms with Crippen LogP contribution >= 0.6 is 0 Å². The zero-order valence-electron chi connectivity index (χ0n) is 8.50. The zero-order valence-corrected chi connectivity index (χ0v) is 8.50. The summed E-state index contributed by atoms with van der Waals surface area (Å²) in [5, 5.41) is 13.4. The number of nitrogens with one attached hydrogen (secondary N) is 1. The molecule has 2 N–H and O–H groups in total. The second kappa shape index (κ2) is 3.97. The summed E-state index contributed by atoms with van der Waals surface area (Å²) in [7, 11) is 0. The van der Waals surface area contributed by atoms with Crippen LogP contribution in [0.3, 0.4) is 0 Å². The molecule has 1 heterocycles. The molecule has 0 unspecified atom stereocenters. The van der Waals surface area contributed by atoms with Gasteiger partial charge in [-0.3, -0.25) is 0 Å². The quantitative estimate of drug-likeness (QED) is 0.646. The predicted octanol–water partition coefficient (Wildman–Crippen LogP) is 1.54. The highest BCUT2D eigenvalue weighted by atomic mass is 16.3. The minimum atomic E-state index is -0.0354. The van der Waals surface area contributed by atoms with E-state index in [-0.39, 0.29) is 6.10 Å². The minimum Gasteiger partial charge on any atom is -0.393 e. The van der Waals surface area contributed by atoms with Crippen LogP contribution in [0, 0.1) is 11.8 Å². The second-order valence-corrected chi connectivity index (χ2v) is 4.85. The molecule has 4 atom stereocenters. The molecule has 1 saturated heterocycles. The van der Waals surface area contributed by atoms with E-state index in [9.17, 15) is 5.11 Å². The summed E-state index contributed by atoms with van der Waals surface area (Å²) >= 11 is 0. The van der Waals surface area contributed by atoms with Gasteiger partial charge in [0.05, 0.1) is 6.10 Å². The lowest BCUT2D eigenvalue weighted by molar-refractivity contribution is 0.0348. The van der Waals surface area contributed by atoms with Crippen molar-refractivity contribution in [3.63, 3.8) is 0 Å². The van der Waals surface area contributed by atoms with E-state index in [0.717, 1.165) is 18.9 Å². The molecule has 2 nitrogen and oxygen atoms in total. The van der Waals surface area contributed by atoms with Gasteiger partial charge in [-0.2, -0.15) is 0 Å². The van der Waals surface area contributed by atoms with Crippen molar-refractivity contribution >= 4 is 0 Å². The highest BCUT2D eigenvalue weighted by Crippen LogP contribution is 2.33. The van der Waals surface area contributed by atoms with Crippen molar-refractivity contribution in [3.05, 3.63) is 0 Å². The zero-order chi connectivity index (χ0) is 9.26. The van der Waals surface area contributed by atoms with E-state index < -0.39 is 0 Å². The monoisotopic (exact) mass is 183 g/mol. The third-order valence-electron chi connectivity index (χ3n) is 3.74. The van der Waals surface area contributed by atoms with E-state index in [1.54, 1.807) is 0 Å². The predicted molar refractivity (Wildman–Crippen MR) is 53.5 cm³/mol. The van der Waals surface area contributed by atoms with Crippen molar-refractivity contribution in [2.45, 2.75) is 51.2 Å². The topological polar surface area (TPSA) is 32.3 Å². The standard InChI is InChI=1S/C11H21NO/c1-8-4-5-11(13)9(7-8)10-3-2-6-12-10/h8-13H,2-7H2,1H3/t8-,9-,10+,11+/m1/s1. The van der Waals surface area contributed by atoms with Gasteiger partial charge in [-0.25, -0.2) is 0 Å². The number of hydrogen-bond donors (Lipinski definition) is 2. The molecule has 2 aliphatic rings. The van der Waals surface area contributed by atoms with Crippen LogP contribution in [0.15, 0.2) is 0 Å². The summed E-state index contributed by atoms with van der Waals surface area (Å²) in [6, 6.07) is 0.609. The molecule has 0 aromatic heterocycles. The van der Waals surface area contributed by atoms with Gasteiger partial charge >= 0.3 is 0 Å². The summed E-state index contributed by atoms with van der Waals surface area (Å²) in [6.07, 6.45) is 5.98. The molecule has 0 aromatic carbocycles. The molecule has 1 aliphatic heterocycles. The van der Waals surface area contributed by atoms with Crippen LogP contribution in [0.25, 0.3) is 0 Å². The van der Waals surface area contributed by atoms with E-state index in [1.165, 1.54) is 25.7 Å². The first-order chi connectivity index (χ1) is 6.27. The summed E-state index contributed by atoms with van der Waals surface area (Å²) < 4.78 is 0. The largest absolute Gasteiger partial charge is 0.393 e. The van der Waals surface area contributed by atoms with Crippen LogP contribution in [0.2, 0.25) is 0 Å². The first kappa shape index (κ1) is 9.47. The third-order valence-corrected chi connectivity index (χ3v) is 3.74. The van der Waals surface area contributed by atoms with E-state index >= 15 is 0 Å². The first-order valence-corrected chi connectivity index (χ1v) is 5.69. The van der Waals surface area contributed by atoms with Crippen LogP contribution in [0.5, 0.6) is 0 Å². The van der Waals surface area contributed by atoms with E-state index in [4.69, 9.17) is 0 Å². The van der Waals surface area contributed by atoms with Gasteiger partial charge in [0, 0.05) is 12.0 Å². The Labute approximate surface area is 80.7 Å². The van der Waals surface area contributed by atoms with E-state index in [1.807, 2.05) is 0 Å². The van der Waals surface area contributed by atoms with Gasteiger partial charge in [0.25, 0.3) is 0 Å². The fourth-order valence-electron chi connectivity index (χ4n) is 2.92. The molecule has 2 fully saturated rings. The molecule has 0 aromatic rings.